The predicted octanol–water partition coefficient (Wildman–Crippen LogP) is 2.43. The summed E-state index contributed by atoms with van der Waals surface area (Å²) in [7, 11) is 1.37. The zero-order valence-corrected chi connectivity index (χ0v) is 11.0. The van der Waals surface area contributed by atoms with Crippen molar-refractivity contribution in [3.05, 3.63) is 23.8 Å². The maximum Gasteiger partial charge on any atom is 0.340 e. The fourth-order valence-corrected chi connectivity index (χ4v) is 2.67. The van der Waals surface area contributed by atoms with E-state index in [1.54, 1.807) is 6.07 Å². The summed E-state index contributed by atoms with van der Waals surface area (Å²) in [6.45, 7) is 3.19. The maximum absolute atomic E-state index is 11.6. The molecule has 0 amide bonds. The standard InChI is InChI=1S/C14H20N2O2/c1-3-10-6-5-9-16(10)12-8-4-7-11(13(12)15)14(17)18-2/h4,7-8,10H,3,5-6,9,15H2,1-2H3. The number of hydrogen-bond acceptors (Lipinski definition) is 4. The van der Waals surface area contributed by atoms with E-state index in [2.05, 4.69) is 11.8 Å². The van der Waals surface area contributed by atoms with E-state index in [1.807, 2.05) is 12.1 Å². The van der Waals surface area contributed by atoms with Crippen LogP contribution in [0.5, 0.6) is 0 Å². The molecule has 0 spiro atoms. The Morgan fingerprint density at radius 1 is 1.56 bits per heavy atom. The third-order valence-electron chi connectivity index (χ3n) is 3.65. The van der Waals surface area contributed by atoms with E-state index < -0.39 is 0 Å². The van der Waals surface area contributed by atoms with Crippen LogP contribution in [0.3, 0.4) is 0 Å². The van der Waals surface area contributed by atoms with Crippen LogP contribution in [0.25, 0.3) is 0 Å². The number of carbonyl (C=O) groups excluding carboxylic acids is 1. The first-order valence-electron chi connectivity index (χ1n) is 6.42. The molecule has 0 aromatic heterocycles. The van der Waals surface area contributed by atoms with Gasteiger partial charge in [0.15, 0.2) is 0 Å². The molecule has 4 nitrogen and oxygen atoms in total. The largest absolute Gasteiger partial charge is 0.465 e. The molecule has 18 heavy (non-hydrogen) atoms. The summed E-state index contributed by atoms with van der Waals surface area (Å²) in [5.74, 6) is -0.374. The number of esters is 1. The number of hydrogen-bond donors (Lipinski definition) is 1. The lowest BCUT2D eigenvalue weighted by Gasteiger charge is -2.27. The molecule has 1 fully saturated rings. The van der Waals surface area contributed by atoms with E-state index in [9.17, 15) is 4.79 Å². The maximum atomic E-state index is 11.6. The van der Waals surface area contributed by atoms with Crippen LogP contribution in [0.1, 0.15) is 36.5 Å². The fraction of sp³-hybridized carbons (Fsp3) is 0.500. The first-order chi connectivity index (χ1) is 8.69. The summed E-state index contributed by atoms with van der Waals surface area (Å²) in [5, 5.41) is 0. The molecule has 1 unspecified atom stereocenters. The van der Waals surface area contributed by atoms with Crippen molar-refractivity contribution in [1.82, 2.24) is 0 Å². The van der Waals surface area contributed by atoms with Crippen molar-refractivity contribution in [1.29, 1.82) is 0 Å². The van der Waals surface area contributed by atoms with Crippen LogP contribution < -0.4 is 10.6 Å². The van der Waals surface area contributed by atoms with Crippen molar-refractivity contribution in [3.8, 4) is 0 Å². The van der Waals surface area contributed by atoms with Gasteiger partial charge in [-0.3, -0.25) is 0 Å². The molecule has 0 bridgehead atoms. The van der Waals surface area contributed by atoms with Gasteiger partial charge in [0.2, 0.25) is 0 Å². The molecule has 4 heteroatoms. The molecule has 2 N–H and O–H groups in total. The van der Waals surface area contributed by atoms with Gasteiger partial charge in [0, 0.05) is 12.6 Å². The topological polar surface area (TPSA) is 55.6 Å². The van der Waals surface area contributed by atoms with Crippen LogP contribution in [0.2, 0.25) is 0 Å². The van der Waals surface area contributed by atoms with Gasteiger partial charge in [-0.1, -0.05) is 13.0 Å². The van der Waals surface area contributed by atoms with E-state index in [1.165, 1.54) is 20.0 Å². The van der Waals surface area contributed by atoms with Gasteiger partial charge in [-0.2, -0.15) is 0 Å². The molecule has 1 atom stereocenters. The lowest BCUT2D eigenvalue weighted by atomic mass is 10.1. The monoisotopic (exact) mass is 248 g/mol. The lowest BCUT2D eigenvalue weighted by Crippen LogP contribution is -2.29. The normalized spacial score (nSPS) is 19.0. The van der Waals surface area contributed by atoms with Crippen molar-refractivity contribution in [3.63, 3.8) is 0 Å². The zero-order chi connectivity index (χ0) is 13.1. The Kier molecular flexibility index (Phi) is 3.75. The number of nitrogen functional groups attached to an aromatic ring is 1. The molecular weight excluding hydrogens is 228 g/mol. The predicted molar refractivity (Wildman–Crippen MR) is 72.9 cm³/mol. The number of benzene rings is 1. The van der Waals surface area contributed by atoms with Gasteiger partial charge in [-0.05, 0) is 31.4 Å². The van der Waals surface area contributed by atoms with Crippen LogP contribution in [-0.4, -0.2) is 25.7 Å². The summed E-state index contributed by atoms with van der Waals surface area (Å²) >= 11 is 0. The van der Waals surface area contributed by atoms with E-state index in [0.29, 0.717) is 17.3 Å². The number of carbonyl (C=O) groups is 1. The van der Waals surface area contributed by atoms with Crippen LogP contribution in [0.4, 0.5) is 11.4 Å². The highest BCUT2D eigenvalue weighted by Gasteiger charge is 2.26. The molecule has 0 aliphatic carbocycles. The molecule has 1 saturated heterocycles. The van der Waals surface area contributed by atoms with Gasteiger partial charge in [-0.15, -0.1) is 0 Å². The highest BCUT2D eigenvalue weighted by molar-refractivity contribution is 5.98. The molecule has 98 valence electrons. The number of methoxy groups -OCH3 is 1. The molecule has 1 aliphatic heterocycles. The summed E-state index contributed by atoms with van der Waals surface area (Å²) in [4.78, 5) is 13.9. The Morgan fingerprint density at radius 2 is 2.33 bits per heavy atom. The molecule has 0 radical (unpaired) electrons. The third-order valence-corrected chi connectivity index (χ3v) is 3.65. The molecule has 2 rings (SSSR count). The van der Waals surface area contributed by atoms with Crippen LogP contribution in [-0.2, 0) is 4.74 Å². The number of para-hydroxylation sites is 1. The number of nitrogens with two attached hydrogens (primary N) is 1. The van der Waals surface area contributed by atoms with E-state index >= 15 is 0 Å². The van der Waals surface area contributed by atoms with Crippen LogP contribution in [0.15, 0.2) is 18.2 Å². The Hall–Kier alpha value is -1.71. The van der Waals surface area contributed by atoms with Gasteiger partial charge in [0.05, 0.1) is 24.0 Å². The first kappa shape index (κ1) is 12.7. The summed E-state index contributed by atoms with van der Waals surface area (Å²) in [6, 6.07) is 6.08. The highest BCUT2D eigenvalue weighted by Crippen LogP contribution is 2.33. The smallest absolute Gasteiger partial charge is 0.340 e. The average Bonchev–Trinajstić information content (AvgIpc) is 2.86. The van der Waals surface area contributed by atoms with E-state index in [0.717, 1.165) is 18.7 Å². The van der Waals surface area contributed by atoms with E-state index in [4.69, 9.17) is 10.5 Å². The molecule has 0 saturated carbocycles. The summed E-state index contributed by atoms with van der Waals surface area (Å²) < 4.78 is 4.75. The van der Waals surface area contributed by atoms with Gasteiger partial charge in [-0.25, -0.2) is 4.79 Å². The minimum Gasteiger partial charge on any atom is -0.465 e. The number of anilines is 2. The Labute approximate surface area is 108 Å². The van der Waals surface area contributed by atoms with Crippen molar-refractivity contribution in [2.24, 2.45) is 0 Å². The number of rotatable bonds is 3. The SMILES string of the molecule is CCC1CCCN1c1cccc(C(=O)OC)c1N. The second kappa shape index (κ2) is 5.29. The van der Waals surface area contributed by atoms with Crippen LogP contribution >= 0.6 is 0 Å². The highest BCUT2D eigenvalue weighted by atomic mass is 16.5. The fourth-order valence-electron chi connectivity index (χ4n) is 2.67. The third kappa shape index (κ3) is 2.15. The Morgan fingerprint density at radius 3 is 3.00 bits per heavy atom. The molecule has 1 aromatic rings. The molecule has 1 aromatic carbocycles. The second-order valence-electron chi connectivity index (χ2n) is 4.63. The quantitative estimate of drug-likeness (QED) is 0.659. The average molecular weight is 248 g/mol. The van der Waals surface area contributed by atoms with Crippen molar-refractivity contribution in [2.45, 2.75) is 32.2 Å². The molecule has 1 heterocycles. The number of nitrogens with zero attached hydrogens (tertiary/aromatic N) is 1. The Balaban J connectivity index is 2.36. The lowest BCUT2D eigenvalue weighted by molar-refractivity contribution is 0.0602. The van der Waals surface area contributed by atoms with Crippen molar-refractivity contribution in [2.75, 3.05) is 24.3 Å². The van der Waals surface area contributed by atoms with E-state index in [-0.39, 0.29) is 5.97 Å². The molecular formula is C14H20N2O2. The summed E-state index contributed by atoms with van der Waals surface area (Å²) in [6.07, 6.45) is 3.47. The van der Waals surface area contributed by atoms with Crippen LogP contribution in [0, 0.1) is 0 Å². The zero-order valence-electron chi connectivity index (χ0n) is 11.0. The first-order valence-corrected chi connectivity index (χ1v) is 6.42. The number of ether oxygens (including phenoxy) is 1. The van der Waals surface area contributed by atoms with Gasteiger partial charge < -0.3 is 15.4 Å². The second-order valence-corrected chi connectivity index (χ2v) is 4.63. The minimum atomic E-state index is -0.374. The summed E-state index contributed by atoms with van der Waals surface area (Å²) in [5.41, 5.74) is 8.06. The van der Waals surface area contributed by atoms with Gasteiger partial charge in [0.25, 0.3) is 0 Å². The van der Waals surface area contributed by atoms with Gasteiger partial charge >= 0.3 is 5.97 Å². The van der Waals surface area contributed by atoms with Crippen molar-refractivity contribution < 1.29 is 9.53 Å². The van der Waals surface area contributed by atoms with Gasteiger partial charge in [0.1, 0.15) is 0 Å². The van der Waals surface area contributed by atoms with Crippen molar-refractivity contribution >= 4 is 17.3 Å². The minimum absolute atomic E-state index is 0.374. The Bertz CT molecular complexity index is 445. The molecule has 1 aliphatic rings.